The average Bonchev–Trinajstić information content (AvgIpc) is 2.39. The molecular weight excluding hydrogens is 224 g/mol. The number of hydrogen-bond donors (Lipinski definition) is 1. The summed E-state index contributed by atoms with van der Waals surface area (Å²) in [5.41, 5.74) is 2.80. The van der Waals surface area contributed by atoms with Gasteiger partial charge in [0.05, 0.1) is 11.4 Å². The Morgan fingerprint density at radius 3 is 2.78 bits per heavy atom. The van der Waals surface area contributed by atoms with Crippen LogP contribution < -0.4 is 5.32 Å². The van der Waals surface area contributed by atoms with Crippen LogP contribution in [0.25, 0.3) is 11.4 Å². The van der Waals surface area contributed by atoms with E-state index in [1.807, 2.05) is 38.2 Å². The lowest BCUT2D eigenvalue weighted by molar-refractivity contribution is 0.700. The normalized spacial score (nSPS) is 10.6. The minimum Gasteiger partial charge on any atom is -0.320 e. The molecule has 2 rings (SSSR count). The smallest absolute Gasteiger partial charge is 0.129 e. The van der Waals surface area contributed by atoms with Crippen molar-refractivity contribution < 1.29 is 0 Å². The fraction of sp³-hybridized carbons (Fsp3) is 0.357. The standard InChI is InChI=1S/C14H18N4/c1-11-10-13(12-6-3-4-9-16-12)18-14(17-11)7-5-8-15-2/h3-4,6,9-10,15H,5,7-8H2,1-2H3. The van der Waals surface area contributed by atoms with Crippen molar-refractivity contribution in [2.24, 2.45) is 0 Å². The Morgan fingerprint density at radius 1 is 1.17 bits per heavy atom. The highest BCUT2D eigenvalue weighted by Gasteiger charge is 2.05. The van der Waals surface area contributed by atoms with Crippen LogP contribution in [0, 0.1) is 6.92 Å². The maximum Gasteiger partial charge on any atom is 0.129 e. The van der Waals surface area contributed by atoms with Crippen LogP contribution in [0.3, 0.4) is 0 Å². The summed E-state index contributed by atoms with van der Waals surface area (Å²) < 4.78 is 0. The van der Waals surface area contributed by atoms with E-state index in [0.717, 1.165) is 42.3 Å². The van der Waals surface area contributed by atoms with Crippen molar-refractivity contribution in [1.29, 1.82) is 0 Å². The topological polar surface area (TPSA) is 50.7 Å². The second kappa shape index (κ2) is 6.21. The highest BCUT2D eigenvalue weighted by Crippen LogP contribution is 2.14. The Balaban J connectivity index is 2.21. The maximum atomic E-state index is 4.57. The van der Waals surface area contributed by atoms with E-state index in [0.29, 0.717) is 0 Å². The maximum absolute atomic E-state index is 4.57. The van der Waals surface area contributed by atoms with Gasteiger partial charge in [0.2, 0.25) is 0 Å². The van der Waals surface area contributed by atoms with Crippen LogP contribution in [-0.2, 0) is 6.42 Å². The molecule has 0 bridgehead atoms. The van der Waals surface area contributed by atoms with Gasteiger partial charge in [0, 0.05) is 18.3 Å². The Labute approximate surface area is 108 Å². The predicted molar refractivity (Wildman–Crippen MR) is 72.2 cm³/mol. The predicted octanol–water partition coefficient (Wildman–Crippen LogP) is 2.00. The largest absolute Gasteiger partial charge is 0.320 e. The highest BCUT2D eigenvalue weighted by molar-refractivity contribution is 5.53. The van der Waals surface area contributed by atoms with Crippen molar-refractivity contribution in [1.82, 2.24) is 20.3 Å². The van der Waals surface area contributed by atoms with Crippen molar-refractivity contribution in [2.45, 2.75) is 19.8 Å². The monoisotopic (exact) mass is 242 g/mol. The highest BCUT2D eigenvalue weighted by atomic mass is 14.9. The number of aryl methyl sites for hydroxylation is 2. The molecule has 4 heteroatoms. The van der Waals surface area contributed by atoms with Gasteiger partial charge in [0.15, 0.2) is 0 Å². The number of nitrogens with zero attached hydrogens (tertiary/aromatic N) is 3. The minimum absolute atomic E-state index is 0.891. The number of aromatic nitrogens is 3. The Bertz CT molecular complexity index is 496. The van der Waals surface area contributed by atoms with Crippen molar-refractivity contribution in [3.63, 3.8) is 0 Å². The Hall–Kier alpha value is -1.81. The van der Waals surface area contributed by atoms with Crippen LogP contribution in [0.5, 0.6) is 0 Å². The third kappa shape index (κ3) is 3.34. The van der Waals surface area contributed by atoms with Gasteiger partial charge in [-0.25, -0.2) is 9.97 Å². The summed E-state index contributed by atoms with van der Waals surface area (Å²) in [5.74, 6) is 0.894. The van der Waals surface area contributed by atoms with Crippen molar-refractivity contribution in [3.8, 4) is 11.4 Å². The molecule has 0 amide bonds. The van der Waals surface area contributed by atoms with Crippen LogP contribution >= 0.6 is 0 Å². The summed E-state index contributed by atoms with van der Waals surface area (Å²) in [4.78, 5) is 13.4. The van der Waals surface area contributed by atoms with Crippen LogP contribution in [0.4, 0.5) is 0 Å². The summed E-state index contributed by atoms with van der Waals surface area (Å²) in [6.07, 6.45) is 3.72. The molecule has 18 heavy (non-hydrogen) atoms. The van der Waals surface area contributed by atoms with Gasteiger partial charge in [0.25, 0.3) is 0 Å². The number of rotatable bonds is 5. The Morgan fingerprint density at radius 2 is 2.06 bits per heavy atom. The molecule has 4 nitrogen and oxygen atoms in total. The van der Waals surface area contributed by atoms with Crippen LogP contribution in [0.2, 0.25) is 0 Å². The molecule has 2 aromatic rings. The van der Waals surface area contributed by atoms with Gasteiger partial charge < -0.3 is 5.32 Å². The lowest BCUT2D eigenvalue weighted by Gasteiger charge is -2.05. The molecule has 0 aliphatic heterocycles. The van der Waals surface area contributed by atoms with E-state index < -0.39 is 0 Å². The van der Waals surface area contributed by atoms with Gasteiger partial charge in [-0.3, -0.25) is 4.98 Å². The summed E-state index contributed by atoms with van der Waals surface area (Å²) in [5, 5.41) is 3.13. The van der Waals surface area contributed by atoms with Gasteiger partial charge in [-0.05, 0) is 45.1 Å². The molecule has 0 aromatic carbocycles. The number of nitrogens with one attached hydrogen (secondary N) is 1. The first-order valence-electron chi connectivity index (χ1n) is 6.20. The number of pyridine rings is 1. The van der Waals surface area contributed by atoms with Crippen LogP contribution in [0.1, 0.15) is 17.9 Å². The molecule has 0 saturated carbocycles. The summed E-state index contributed by atoms with van der Waals surface area (Å²) in [7, 11) is 1.95. The van der Waals surface area contributed by atoms with E-state index in [1.54, 1.807) is 6.20 Å². The molecule has 94 valence electrons. The molecule has 0 aliphatic carbocycles. The fourth-order valence-corrected chi connectivity index (χ4v) is 1.81. The van der Waals surface area contributed by atoms with Crippen LogP contribution in [-0.4, -0.2) is 28.5 Å². The average molecular weight is 242 g/mol. The van der Waals surface area contributed by atoms with Gasteiger partial charge in [-0.2, -0.15) is 0 Å². The molecular formula is C14H18N4. The fourth-order valence-electron chi connectivity index (χ4n) is 1.81. The van der Waals surface area contributed by atoms with Crippen molar-refractivity contribution in [2.75, 3.05) is 13.6 Å². The first-order chi connectivity index (χ1) is 8.79. The second-order valence-corrected chi connectivity index (χ2v) is 4.23. The Kier molecular flexibility index (Phi) is 4.36. The molecule has 0 saturated heterocycles. The SMILES string of the molecule is CNCCCc1nc(C)cc(-c2ccccn2)n1. The molecule has 0 aliphatic rings. The molecule has 0 atom stereocenters. The summed E-state index contributed by atoms with van der Waals surface area (Å²) in [6.45, 7) is 2.98. The molecule has 0 radical (unpaired) electrons. The van der Waals surface area contributed by atoms with Crippen molar-refractivity contribution in [3.05, 3.63) is 42.0 Å². The quantitative estimate of drug-likeness (QED) is 0.815. The van der Waals surface area contributed by atoms with E-state index in [9.17, 15) is 0 Å². The van der Waals surface area contributed by atoms with Gasteiger partial charge >= 0.3 is 0 Å². The zero-order valence-corrected chi connectivity index (χ0v) is 10.8. The van der Waals surface area contributed by atoms with Gasteiger partial charge in [0.1, 0.15) is 5.82 Å². The molecule has 2 aromatic heterocycles. The van der Waals surface area contributed by atoms with E-state index in [1.165, 1.54) is 0 Å². The summed E-state index contributed by atoms with van der Waals surface area (Å²) in [6, 6.07) is 7.83. The molecule has 2 heterocycles. The first kappa shape index (κ1) is 12.6. The third-order valence-electron chi connectivity index (χ3n) is 2.66. The zero-order chi connectivity index (χ0) is 12.8. The van der Waals surface area contributed by atoms with E-state index >= 15 is 0 Å². The summed E-state index contributed by atoms with van der Waals surface area (Å²) >= 11 is 0. The van der Waals surface area contributed by atoms with Crippen LogP contribution in [0.15, 0.2) is 30.5 Å². The molecule has 0 spiro atoms. The van der Waals surface area contributed by atoms with Gasteiger partial charge in [-0.15, -0.1) is 0 Å². The molecule has 0 fully saturated rings. The zero-order valence-electron chi connectivity index (χ0n) is 10.8. The second-order valence-electron chi connectivity index (χ2n) is 4.23. The minimum atomic E-state index is 0.891. The lowest BCUT2D eigenvalue weighted by Crippen LogP contribution is -2.10. The van der Waals surface area contributed by atoms with Gasteiger partial charge in [-0.1, -0.05) is 6.07 Å². The molecule has 0 unspecified atom stereocenters. The third-order valence-corrected chi connectivity index (χ3v) is 2.66. The first-order valence-corrected chi connectivity index (χ1v) is 6.20. The van der Waals surface area contributed by atoms with E-state index in [-0.39, 0.29) is 0 Å². The molecule has 1 N–H and O–H groups in total. The van der Waals surface area contributed by atoms with Crippen molar-refractivity contribution >= 4 is 0 Å². The van der Waals surface area contributed by atoms with E-state index in [2.05, 4.69) is 20.3 Å². The number of hydrogen-bond acceptors (Lipinski definition) is 4. The van der Waals surface area contributed by atoms with E-state index in [4.69, 9.17) is 0 Å². The lowest BCUT2D eigenvalue weighted by atomic mass is 10.2.